The van der Waals surface area contributed by atoms with Gasteiger partial charge in [-0.3, -0.25) is 9.89 Å². The molecule has 0 bridgehead atoms. The summed E-state index contributed by atoms with van der Waals surface area (Å²) in [4.78, 5) is 16.0. The first-order valence-electron chi connectivity index (χ1n) is 10.7. The fourth-order valence-electron chi connectivity index (χ4n) is 4.73. The lowest BCUT2D eigenvalue weighted by Crippen LogP contribution is -2.18. The molecule has 0 saturated carbocycles. The predicted molar refractivity (Wildman–Crippen MR) is 127 cm³/mol. The van der Waals surface area contributed by atoms with Crippen molar-refractivity contribution >= 4 is 33.8 Å². The molecule has 0 unspecified atom stereocenters. The maximum absolute atomic E-state index is 12.6. The number of hydrogen-bond acceptors (Lipinski definition) is 3. The summed E-state index contributed by atoms with van der Waals surface area (Å²) in [6.45, 7) is 1.99. The third kappa shape index (κ3) is 2.92. The predicted octanol–water partition coefficient (Wildman–Crippen LogP) is 4.88. The molecule has 0 spiro atoms. The number of hydrogen-bond donors (Lipinski definition) is 3. The van der Waals surface area contributed by atoms with Crippen LogP contribution in [0.3, 0.4) is 0 Å². The molecule has 0 atom stereocenters. The molecule has 6 rings (SSSR count). The summed E-state index contributed by atoms with van der Waals surface area (Å²) < 4.78 is 0. The first-order chi connectivity index (χ1) is 15.7. The molecule has 0 saturated heterocycles. The zero-order valence-corrected chi connectivity index (χ0v) is 17.6. The molecule has 0 fully saturated rings. The number of carbonyl (C=O) groups is 1. The first kappa shape index (κ1) is 18.6. The number of fused-ring (bicyclic) bond motifs is 1. The molecule has 1 aliphatic carbocycles. The van der Waals surface area contributed by atoms with E-state index in [1.165, 1.54) is 21.9 Å². The Morgan fingerprint density at radius 2 is 1.84 bits per heavy atom. The third-order valence-electron chi connectivity index (χ3n) is 6.28. The van der Waals surface area contributed by atoms with Crippen LogP contribution in [0, 0.1) is 6.92 Å². The maximum atomic E-state index is 12.6. The van der Waals surface area contributed by atoms with Crippen molar-refractivity contribution in [1.29, 1.82) is 0 Å². The summed E-state index contributed by atoms with van der Waals surface area (Å²) in [7, 11) is 0. The molecular formula is C26H21N5O. The number of aromatic amines is 2. The Labute approximate surface area is 184 Å². The van der Waals surface area contributed by atoms with Gasteiger partial charge < -0.3 is 4.98 Å². The van der Waals surface area contributed by atoms with E-state index in [4.69, 9.17) is 0 Å². The second kappa shape index (κ2) is 7.20. The van der Waals surface area contributed by atoms with Crippen LogP contribution in [-0.4, -0.2) is 27.3 Å². The standard InChI is InChI=1S/C26H21N5O/c1-15-21(18-6-2-3-8-22(18)28-15)14-27-31-26(32)24-13-23(29-30-24)19-12-11-17-10-9-16-5-4-7-20(19)25(16)17/h2-8,11-14,28H,9-10H2,1H3,(H,29,30)(H,31,32)/b27-14-. The van der Waals surface area contributed by atoms with Crippen molar-refractivity contribution in [2.45, 2.75) is 19.8 Å². The van der Waals surface area contributed by atoms with Crippen LogP contribution in [0.25, 0.3) is 32.9 Å². The highest BCUT2D eigenvalue weighted by atomic mass is 16.2. The summed E-state index contributed by atoms with van der Waals surface area (Å²) in [5.74, 6) is -0.330. The van der Waals surface area contributed by atoms with Crippen LogP contribution in [0.15, 0.2) is 65.8 Å². The van der Waals surface area contributed by atoms with E-state index in [0.29, 0.717) is 5.69 Å². The number of amides is 1. The third-order valence-corrected chi connectivity index (χ3v) is 6.28. The number of para-hydroxylation sites is 1. The van der Waals surface area contributed by atoms with E-state index in [0.717, 1.165) is 46.3 Å². The smallest absolute Gasteiger partial charge is 0.289 e. The van der Waals surface area contributed by atoms with E-state index in [1.54, 1.807) is 12.3 Å². The van der Waals surface area contributed by atoms with Crippen LogP contribution in [-0.2, 0) is 12.8 Å². The lowest BCUT2D eigenvalue weighted by atomic mass is 9.98. The lowest BCUT2D eigenvalue weighted by molar-refractivity contribution is 0.0950. The van der Waals surface area contributed by atoms with Gasteiger partial charge in [-0.2, -0.15) is 10.2 Å². The van der Waals surface area contributed by atoms with E-state index in [-0.39, 0.29) is 5.91 Å². The van der Waals surface area contributed by atoms with Gasteiger partial charge in [0.25, 0.3) is 5.91 Å². The molecule has 3 aromatic carbocycles. The van der Waals surface area contributed by atoms with Crippen molar-refractivity contribution in [2.75, 3.05) is 0 Å². The normalized spacial score (nSPS) is 12.9. The summed E-state index contributed by atoms with van der Waals surface area (Å²) in [5.41, 5.74) is 10.5. The second-order valence-corrected chi connectivity index (χ2v) is 8.19. The quantitative estimate of drug-likeness (QED) is 0.286. The van der Waals surface area contributed by atoms with Crippen LogP contribution in [0.1, 0.15) is 32.9 Å². The Hall–Kier alpha value is -4.19. The topological polar surface area (TPSA) is 85.9 Å². The Kier molecular flexibility index (Phi) is 4.18. The summed E-state index contributed by atoms with van der Waals surface area (Å²) in [5, 5.41) is 15.0. The summed E-state index contributed by atoms with van der Waals surface area (Å²) in [6, 6.07) is 20.5. The first-order valence-corrected chi connectivity index (χ1v) is 10.7. The molecule has 2 heterocycles. The van der Waals surface area contributed by atoms with Gasteiger partial charge in [-0.15, -0.1) is 0 Å². The van der Waals surface area contributed by atoms with Gasteiger partial charge in [-0.1, -0.05) is 48.5 Å². The van der Waals surface area contributed by atoms with E-state index < -0.39 is 0 Å². The highest BCUT2D eigenvalue weighted by Gasteiger charge is 2.18. The highest BCUT2D eigenvalue weighted by Crippen LogP contribution is 2.36. The number of rotatable bonds is 4. The number of hydrazone groups is 1. The van der Waals surface area contributed by atoms with Crippen molar-refractivity contribution in [3.63, 3.8) is 0 Å². The molecule has 5 aromatic rings. The molecule has 156 valence electrons. The second-order valence-electron chi connectivity index (χ2n) is 8.19. The molecule has 6 heteroatoms. The summed E-state index contributed by atoms with van der Waals surface area (Å²) in [6.07, 6.45) is 3.84. The average molecular weight is 419 g/mol. The number of nitrogens with zero attached hydrogens (tertiary/aromatic N) is 2. The van der Waals surface area contributed by atoms with Gasteiger partial charge >= 0.3 is 0 Å². The van der Waals surface area contributed by atoms with Crippen molar-refractivity contribution in [3.05, 3.63) is 88.7 Å². The Bertz CT molecular complexity index is 1530. The molecule has 0 radical (unpaired) electrons. The van der Waals surface area contributed by atoms with Gasteiger partial charge in [0.05, 0.1) is 11.9 Å². The molecule has 3 N–H and O–H groups in total. The van der Waals surface area contributed by atoms with Gasteiger partial charge in [0, 0.05) is 27.7 Å². The fraction of sp³-hybridized carbons (Fsp3) is 0.115. The number of carbonyl (C=O) groups excluding carboxylic acids is 1. The molecule has 32 heavy (non-hydrogen) atoms. The summed E-state index contributed by atoms with van der Waals surface area (Å²) >= 11 is 0. The minimum Gasteiger partial charge on any atom is -0.358 e. The molecule has 0 aliphatic heterocycles. The number of aryl methyl sites for hydroxylation is 3. The van der Waals surface area contributed by atoms with Gasteiger partial charge in [0.2, 0.25) is 0 Å². The van der Waals surface area contributed by atoms with E-state index >= 15 is 0 Å². The Balaban J connectivity index is 1.26. The zero-order chi connectivity index (χ0) is 21.7. The number of H-pyrrole nitrogens is 2. The van der Waals surface area contributed by atoms with Gasteiger partial charge in [-0.25, -0.2) is 5.43 Å². The van der Waals surface area contributed by atoms with Crippen molar-refractivity contribution in [2.24, 2.45) is 5.10 Å². The lowest BCUT2D eigenvalue weighted by Gasteiger charge is -2.06. The highest BCUT2D eigenvalue weighted by molar-refractivity contribution is 6.03. The van der Waals surface area contributed by atoms with E-state index in [1.807, 2.05) is 31.2 Å². The Morgan fingerprint density at radius 1 is 1.03 bits per heavy atom. The van der Waals surface area contributed by atoms with Crippen LogP contribution in [0.5, 0.6) is 0 Å². The molecule has 1 amide bonds. The minimum atomic E-state index is -0.330. The Morgan fingerprint density at radius 3 is 2.75 bits per heavy atom. The fourth-order valence-corrected chi connectivity index (χ4v) is 4.73. The molecule has 6 nitrogen and oxygen atoms in total. The van der Waals surface area contributed by atoms with Crippen LogP contribution >= 0.6 is 0 Å². The van der Waals surface area contributed by atoms with Gasteiger partial charge in [0.1, 0.15) is 5.69 Å². The molecule has 1 aliphatic rings. The number of benzene rings is 3. The molecular weight excluding hydrogens is 398 g/mol. The van der Waals surface area contributed by atoms with E-state index in [2.05, 4.69) is 56.0 Å². The maximum Gasteiger partial charge on any atom is 0.289 e. The minimum absolute atomic E-state index is 0.330. The van der Waals surface area contributed by atoms with Crippen molar-refractivity contribution in [1.82, 2.24) is 20.6 Å². The van der Waals surface area contributed by atoms with Crippen LogP contribution in [0.4, 0.5) is 0 Å². The van der Waals surface area contributed by atoms with Crippen LogP contribution < -0.4 is 5.43 Å². The SMILES string of the molecule is Cc1[nH]c2ccccc2c1/C=N\NC(=O)c1cc(-c2ccc3c4c(cccc24)CC3)n[nH]1. The zero-order valence-electron chi connectivity index (χ0n) is 17.6. The van der Waals surface area contributed by atoms with Gasteiger partial charge in [-0.05, 0) is 53.8 Å². The van der Waals surface area contributed by atoms with Gasteiger partial charge in [0.15, 0.2) is 0 Å². The monoisotopic (exact) mass is 419 g/mol. The largest absolute Gasteiger partial charge is 0.358 e. The van der Waals surface area contributed by atoms with Crippen molar-refractivity contribution < 1.29 is 4.79 Å². The van der Waals surface area contributed by atoms with Crippen molar-refractivity contribution in [3.8, 4) is 11.3 Å². The van der Waals surface area contributed by atoms with E-state index in [9.17, 15) is 4.79 Å². The number of nitrogens with one attached hydrogen (secondary N) is 3. The van der Waals surface area contributed by atoms with Crippen LogP contribution in [0.2, 0.25) is 0 Å². The number of aromatic nitrogens is 3. The molecule has 2 aromatic heterocycles. The average Bonchev–Trinajstić information content (AvgIpc) is 3.53.